The molecule has 15 heavy (non-hydrogen) atoms. The van der Waals surface area contributed by atoms with Crippen LogP contribution in [0.3, 0.4) is 0 Å². The predicted octanol–water partition coefficient (Wildman–Crippen LogP) is -0.384. The van der Waals surface area contributed by atoms with Crippen molar-refractivity contribution in [3.8, 4) is 0 Å². The van der Waals surface area contributed by atoms with Gasteiger partial charge in [-0.3, -0.25) is 9.59 Å². The predicted molar refractivity (Wildman–Crippen MR) is 55.2 cm³/mol. The van der Waals surface area contributed by atoms with Crippen LogP contribution in [0.25, 0.3) is 0 Å². The van der Waals surface area contributed by atoms with Crippen molar-refractivity contribution in [1.82, 2.24) is 10.2 Å². The van der Waals surface area contributed by atoms with Gasteiger partial charge in [0.2, 0.25) is 11.8 Å². The minimum absolute atomic E-state index is 0.0367. The summed E-state index contributed by atoms with van der Waals surface area (Å²) >= 11 is 0. The minimum atomic E-state index is -0.360. The second-order valence-corrected chi connectivity index (χ2v) is 3.99. The summed E-state index contributed by atoms with van der Waals surface area (Å²) in [7, 11) is 1.58. The number of carbonyl (C=O) groups is 2. The molecule has 1 N–H and O–H groups in total. The zero-order valence-electron chi connectivity index (χ0n) is 9.45. The van der Waals surface area contributed by atoms with Crippen LogP contribution in [-0.4, -0.2) is 49.6 Å². The van der Waals surface area contributed by atoms with Crippen LogP contribution in [0, 0.1) is 5.92 Å². The molecule has 0 radical (unpaired) electrons. The Kier molecular flexibility index (Phi) is 4.08. The monoisotopic (exact) mass is 214 g/mol. The molecule has 5 nitrogen and oxygen atoms in total. The molecule has 1 aliphatic heterocycles. The van der Waals surface area contributed by atoms with Crippen LogP contribution in [0.5, 0.6) is 0 Å². The van der Waals surface area contributed by atoms with Gasteiger partial charge in [-0.25, -0.2) is 0 Å². The van der Waals surface area contributed by atoms with Crippen LogP contribution in [-0.2, 0) is 14.3 Å². The van der Waals surface area contributed by atoms with Crippen LogP contribution in [0.15, 0.2) is 0 Å². The second kappa shape index (κ2) is 5.11. The largest absolute Gasteiger partial charge is 0.383 e. The Labute approximate surface area is 89.8 Å². The maximum absolute atomic E-state index is 11.6. The highest BCUT2D eigenvalue weighted by Gasteiger charge is 2.35. The van der Waals surface area contributed by atoms with Crippen molar-refractivity contribution in [1.29, 1.82) is 0 Å². The Morgan fingerprint density at radius 1 is 1.53 bits per heavy atom. The molecule has 1 fully saturated rings. The summed E-state index contributed by atoms with van der Waals surface area (Å²) in [6, 6.07) is -0.360. The normalized spacial score (nSPS) is 22.1. The molecule has 0 saturated carbocycles. The third-order valence-corrected chi connectivity index (χ3v) is 2.51. The summed E-state index contributed by atoms with van der Waals surface area (Å²) in [5.41, 5.74) is 0. The first kappa shape index (κ1) is 12.0. The molecule has 0 aromatic rings. The van der Waals surface area contributed by atoms with E-state index in [2.05, 4.69) is 5.32 Å². The van der Waals surface area contributed by atoms with Gasteiger partial charge in [-0.2, -0.15) is 0 Å². The van der Waals surface area contributed by atoms with E-state index in [1.165, 1.54) is 0 Å². The number of hydrogen-bond donors (Lipinski definition) is 1. The van der Waals surface area contributed by atoms with Crippen molar-refractivity contribution in [3.05, 3.63) is 0 Å². The van der Waals surface area contributed by atoms with Gasteiger partial charge in [-0.1, -0.05) is 13.8 Å². The van der Waals surface area contributed by atoms with Gasteiger partial charge >= 0.3 is 0 Å². The van der Waals surface area contributed by atoms with E-state index in [1.54, 1.807) is 12.0 Å². The molecule has 1 rings (SSSR count). The average molecular weight is 214 g/mol. The molecule has 0 bridgehead atoms. The summed E-state index contributed by atoms with van der Waals surface area (Å²) in [5.74, 6) is 0.0113. The Bertz CT molecular complexity index is 253. The van der Waals surface area contributed by atoms with E-state index in [-0.39, 0.29) is 30.3 Å². The SMILES string of the molecule is COCCN1C(=O)CNC(=O)C1C(C)C. The van der Waals surface area contributed by atoms with Crippen molar-refractivity contribution < 1.29 is 14.3 Å². The van der Waals surface area contributed by atoms with E-state index in [4.69, 9.17) is 4.74 Å². The number of carbonyl (C=O) groups excluding carboxylic acids is 2. The fraction of sp³-hybridized carbons (Fsp3) is 0.800. The third kappa shape index (κ3) is 2.68. The van der Waals surface area contributed by atoms with Gasteiger partial charge in [0.25, 0.3) is 0 Å². The fourth-order valence-electron chi connectivity index (χ4n) is 1.78. The first-order chi connectivity index (χ1) is 7.07. The number of amides is 2. The molecular weight excluding hydrogens is 196 g/mol. The fourth-order valence-corrected chi connectivity index (χ4v) is 1.78. The van der Waals surface area contributed by atoms with E-state index in [0.29, 0.717) is 13.2 Å². The topological polar surface area (TPSA) is 58.6 Å². The van der Waals surface area contributed by atoms with E-state index >= 15 is 0 Å². The van der Waals surface area contributed by atoms with Crippen molar-refractivity contribution in [3.63, 3.8) is 0 Å². The molecule has 0 spiro atoms. The number of hydrogen-bond acceptors (Lipinski definition) is 3. The number of rotatable bonds is 4. The van der Waals surface area contributed by atoms with Crippen molar-refractivity contribution in [2.45, 2.75) is 19.9 Å². The Morgan fingerprint density at radius 3 is 2.73 bits per heavy atom. The van der Waals surface area contributed by atoms with Crippen LogP contribution in [0.1, 0.15) is 13.8 Å². The van der Waals surface area contributed by atoms with Gasteiger partial charge in [0.05, 0.1) is 13.2 Å². The highest BCUT2D eigenvalue weighted by atomic mass is 16.5. The first-order valence-electron chi connectivity index (χ1n) is 5.14. The maximum atomic E-state index is 11.6. The molecule has 1 heterocycles. The summed E-state index contributed by atoms with van der Waals surface area (Å²) in [5, 5.41) is 2.60. The second-order valence-electron chi connectivity index (χ2n) is 3.99. The van der Waals surface area contributed by atoms with E-state index in [9.17, 15) is 9.59 Å². The van der Waals surface area contributed by atoms with E-state index in [0.717, 1.165) is 0 Å². The Hall–Kier alpha value is -1.10. The van der Waals surface area contributed by atoms with Crippen LogP contribution < -0.4 is 5.32 Å². The summed E-state index contributed by atoms with van der Waals surface area (Å²) in [6.07, 6.45) is 0. The van der Waals surface area contributed by atoms with Gasteiger partial charge in [-0.05, 0) is 5.92 Å². The molecule has 1 atom stereocenters. The highest BCUT2D eigenvalue weighted by molar-refractivity contribution is 5.94. The van der Waals surface area contributed by atoms with Gasteiger partial charge in [0, 0.05) is 13.7 Å². The van der Waals surface area contributed by atoms with Crippen molar-refractivity contribution in [2.75, 3.05) is 26.8 Å². The van der Waals surface area contributed by atoms with Gasteiger partial charge in [-0.15, -0.1) is 0 Å². The molecule has 1 saturated heterocycles. The smallest absolute Gasteiger partial charge is 0.243 e. The minimum Gasteiger partial charge on any atom is -0.383 e. The molecule has 5 heteroatoms. The maximum Gasteiger partial charge on any atom is 0.243 e. The van der Waals surface area contributed by atoms with Crippen LogP contribution in [0.4, 0.5) is 0 Å². The van der Waals surface area contributed by atoms with Gasteiger partial charge in [0.15, 0.2) is 0 Å². The average Bonchev–Trinajstić information content (AvgIpc) is 2.18. The summed E-state index contributed by atoms with van der Waals surface area (Å²) < 4.78 is 4.93. The molecule has 1 aliphatic rings. The number of methoxy groups -OCH3 is 1. The zero-order chi connectivity index (χ0) is 11.4. The van der Waals surface area contributed by atoms with Crippen LogP contribution in [0.2, 0.25) is 0 Å². The molecule has 0 aliphatic carbocycles. The third-order valence-electron chi connectivity index (χ3n) is 2.51. The quantitative estimate of drug-likeness (QED) is 0.693. The van der Waals surface area contributed by atoms with E-state index < -0.39 is 0 Å². The lowest BCUT2D eigenvalue weighted by Crippen LogP contribution is -2.60. The molecule has 0 aromatic carbocycles. The highest BCUT2D eigenvalue weighted by Crippen LogP contribution is 2.14. The lowest BCUT2D eigenvalue weighted by atomic mass is 9.99. The molecule has 1 unspecified atom stereocenters. The zero-order valence-corrected chi connectivity index (χ0v) is 9.45. The standard InChI is InChI=1S/C10H18N2O3/c1-7(2)9-10(14)11-6-8(13)12(9)4-5-15-3/h7,9H,4-6H2,1-3H3,(H,11,14). The Morgan fingerprint density at radius 2 is 2.20 bits per heavy atom. The lowest BCUT2D eigenvalue weighted by molar-refractivity contribution is -0.148. The molecule has 86 valence electrons. The molecule has 0 aromatic heterocycles. The molecular formula is C10H18N2O3. The summed E-state index contributed by atoms with van der Waals surface area (Å²) in [6.45, 7) is 4.91. The molecule has 2 amide bonds. The number of nitrogens with zero attached hydrogens (tertiary/aromatic N) is 1. The lowest BCUT2D eigenvalue weighted by Gasteiger charge is -2.36. The van der Waals surface area contributed by atoms with Crippen molar-refractivity contribution >= 4 is 11.8 Å². The Balaban J connectivity index is 2.74. The van der Waals surface area contributed by atoms with E-state index in [1.807, 2.05) is 13.8 Å². The van der Waals surface area contributed by atoms with Crippen molar-refractivity contribution in [2.24, 2.45) is 5.92 Å². The number of piperazine rings is 1. The van der Waals surface area contributed by atoms with Crippen LogP contribution >= 0.6 is 0 Å². The summed E-state index contributed by atoms with van der Waals surface area (Å²) in [4.78, 5) is 24.8. The number of ether oxygens (including phenoxy) is 1. The van der Waals surface area contributed by atoms with Gasteiger partial charge < -0.3 is 15.0 Å². The first-order valence-corrected chi connectivity index (χ1v) is 5.14. The van der Waals surface area contributed by atoms with Gasteiger partial charge in [0.1, 0.15) is 6.04 Å². The number of nitrogens with one attached hydrogen (secondary N) is 1.